The number of carbonyl (C=O) groups excluding carboxylic acids is 2. The zero-order valence-electron chi connectivity index (χ0n) is 18.7. The molecule has 164 valence electrons. The third kappa shape index (κ3) is 4.42. The van der Waals surface area contributed by atoms with Crippen LogP contribution in [-0.4, -0.2) is 53.8 Å². The van der Waals surface area contributed by atoms with Gasteiger partial charge in [-0.1, -0.05) is 54.6 Å². The highest BCUT2D eigenvalue weighted by molar-refractivity contribution is 5.94. The maximum Gasteiger partial charge on any atom is 0.255 e. The number of carbonyl (C=O) groups is 2. The summed E-state index contributed by atoms with van der Waals surface area (Å²) in [6.45, 7) is 1.11. The first-order chi connectivity index (χ1) is 15.5. The van der Waals surface area contributed by atoms with Gasteiger partial charge in [-0.15, -0.1) is 0 Å². The van der Waals surface area contributed by atoms with E-state index in [0.717, 1.165) is 11.1 Å². The van der Waals surface area contributed by atoms with E-state index >= 15 is 0 Å². The number of hydrogen-bond acceptors (Lipinski definition) is 3. The standard InChI is InChI=1S/C27H29N3O2/c1-29(2)26(32)27(14-17-30(18-15-27)25(31)23-12-8-16-28-20-23)19-22-11-6-7-13-24(22)21-9-4-3-5-10-21/h3-13,16,20H,14-15,17-19H2,1-2H3. The molecule has 0 spiro atoms. The van der Waals surface area contributed by atoms with Crippen molar-refractivity contribution in [3.05, 3.63) is 90.3 Å². The Morgan fingerprint density at radius 2 is 1.62 bits per heavy atom. The van der Waals surface area contributed by atoms with Crippen LogP contribution in [-0.2, 0) is 11.2 Å². The summed E-state index contributed by atoms with van der Waals surface area (Å²) in [4.78, 5) is 33.9. The molecule has 1 saturated heterocycles. The van der Waals surface area contributed by atoms with Crippen LogP contribution in [0.5, 0.6) is 0 Å². The lowest BCUT2D eigenvalue weighted by Gasteiger charge is -2.42. The number of pyridine rings is 1. The second kappa shape index (κ2) is 9.35. The summed E-state index contributed by atoms with van der Waals surface area (Å²) >= 11 is 0. The zero-order valence-corrected chi connectivity index (χ0v) is 18.7. The number of hydrogen-bond donors (Lipinski definition) is 0. The second-order valence-corrected chi connectivity index (χ2v) is 8.71. The van der Waals surface area contributed by atoms with Gasteiger partial charge < -0.3 is 9.80 Å². The fraction of sp³-hybridized carbons (Fsp3) is 0.296. The van der Waals surface area contributed by atoms with Crippen LogP contribution in [0.4, 0.5) is 0 Å². The first-order valence-corrected chi connectivity index (χ1v) is 11.0. The largest absolute Gasteiger partial charge is 0.348 e. The number of amides is 2. The molecule has 0 saturated carbocycles. The third-order valence-electron chi connectivity index (χ3n) is 6.41. The van der Waals surface area contributed by atoms with Gasteiger partial charge in [-0.2, -0.15) is 0 Å². The van der Waals surface area contributed by atoms with Crippen molar-refractivity contribution < 1.29 is 9.59 Å². The summed E-state index contributed by atoms with van der Waals surface area (Å²) in [5.41, 5.74) is 3.54. The van der Waals surface area contributed by atoms with E-state index in [9.17, 15) is 9.59 Å². The predicted molar refractivity (Wildman–Crippen MR) is 126 cm³/mol. The van der Waals surface area contributed by atoms with Crippen molar-refractivity contribution in [2.45, 2.75) is 19.3 Å². The van der Waals surface area contributed by atoms with Gasteiger partial charge in [0.05, 0.1) is 11.0 Å². The highest BCUT2D eigenvalue weighted by Gasteiger charge is 2.43. The van der Waals surface area contributed by atoms with E-state index in [4.69, 9.17) is 0 Å². The molecular formula is C27H29N3O2. The molecule has 32 heavy (non-hydrogen) atoms. The fourth-order valence-electron chi connectivity index (χ4n) is 4.69. The van der Waals surface area contributed by atoms with Gasteiger partial charge in [-0.3, -0.25) is 14.6 Å². The van der Waals surface area contributed by atoms with Crippen LogP contribution in [0.2, 0.25) is 0 Å². The molecule has 2 aromatic carbocycles. The fourth-order valence-corrected chi connectivity index (χ4v) is 4.69. The van der Waals surface area contributed by atoms with Crippen molar-refractivity contribution in [2.24, 2.45) is 5.41 Å². The average Bonchev–Trinajstić information content (AvgIpc) is 2.85. The summed E-state index contributed by atoms with van der Waals surface area (Å²) < 4.78 is 0. The Morgan fingerprint density at radius 1 is 0.938 bits per heavy atom. The lowest BCUT2D eigenvalue weighted by Crippen LogP contribution is -2.51. The highest BCUT2D eigenvalue weighted by atomic mass is 16.2. The topological polar surface area (TPSA) is 53.5 Å². The molecule has 1 fully saturated rings. The summed E-state index contributed by atoms with van der Waals surface area (Å²) in [5, 5.41) is 0. The van der Waals surface area contributed by atoms with Crippen LogP contribution in [0.3, 0.4) is 0 Å². The van der Waals surface area contributed by atoms with Gasteiger partial charge in [0.1, 0.15) is 0 Å². The van der Waals surface area contributed by atoms with E-state index in [0.29, 0.717) is 37.9 Å². The average molecular weight is 428 g/mol. The maximum atomic E-state index is 13.4. The van der Waals surface area contributed by atoms with Crippen LogP contribution in [0.1, 0.15) is 28.8 Å². The number of rotatable bonds is 5. The minimum Gasteiger partial charge on any atom is -0.348 e. The van der Waals surface area contributed by atoms with Crippen molar-refractivity contribution in [1.29, 1.82) is 0 Å². The SMILES string of the molecule is CN(C)C(=O)C1(Cc2ccccc2-c2ccccc2)CCN(C(=O)c2cccnc2)CC1. The highest BCUT2D eigenvalue weighted by Crippen LogP contribution is 2.39. The zero-order chi connectivity index (χ0) is 22.6. The number of benzene rings is 2. The Kier molecular flexibility index (Phi) is 6.35. The monoisotopic (exact) mass is 427 g/mol. The van der Waals surface area contributed by atoms with Crippen molar-refractivity contribution >= 4 is 11.8 Å². The van der Waals surface area contributed by atoms with Crippen molar-refractivity contribution in [2.75, 3.05) is 27.2 Å². The van der Waals surface area contributed by atoms with Gasteiger partial charge in [0, 0.05) is 39.6 Å². The molecule has 0 radical (unpaired) electrons. The summed E-state index contributed by atoms with van der Waals surface area (Å²) in [5.74, 6) is 0.113. The first-order valence-electron chi connectivity index (χ1n) is 11.0. The van der Waals surface area contributed by atoms with Crippen LogP contribution in [0, 0.1) is 5.41 Å². The van der Waals surface area contributed by atoms with E-state index in [1.807, 2.05) is 49.3 Å². The molecule has 0 atom stereocenters. The second-order valence-electron chi connectivity index (χ2n) is 8.71. The van der Waals surface area contributed by atoms with Crippen molar-refractivity contribution in [1.82, 2.24) is 14.8 Å². The molecule has 2 amide bonds. The van der Waals surface area contributed by atoms with E-state index in [2.05, 4.69) is 29.2 Å². The minimum atomic E-state index is -0.528. The Bertz CT molecular complexity index is 1070. The Morgan fingerprint density at radius 3 is 2.28 bits per heavy atom. The molecule has 2 heterocycles. The van der Waals surface area contributed by atoms with E-state index in [1.54, 1.807) is 29.4 Å². The number of aromatic nitrogens is 1. The number of nitrogens with zero attached hydrogens (tertiary/aromatic N) is 3. The Balaban J connectivity index is 1.60. The minimum absolute atomic E-state index is 0.0197. The van der Waals surface area contributed by atoms with Crippen LogP contribution >= 0.6 is 0 Å². The lowest BCUT2D eigenvalue weighted by atomic mass is 9.71. The van der Waals surface area contributed by atoms with E-state index in [-0.39, 0.29) is 11.8 Å². The molecule has 1 aliphatic heterocycles. The summed E-state index contributed by atoms with van der Waals surface area (Å²) in [7, 11) is 3.64. The van der Waals surface area contributed by atoms with Gasteiger partial charge in [-0.25, -0.2) is 0 Å². The van der Waals surface area contributed by atoms with Crippen molar-refractivity contribution in [3.8, 4) is 11.1 Å². The normalized spacial score (nSPS) is 15.2. The van der Waals surface area contributed by atoms with Crippen LogP contribution in [0.25, 0.3) is 11.1 Å². The lowest BCUT2D eigenvalue weighted by molar-refractivity contribution is -0.142. The van der Waals surface area contributed by atoms with Gasteiger partial charge in [-0.05, 0) is 48.1 Å². The molecule has 0 bridgehead atoms. The number of piperidine rings is 1. The smallest absolute Gasteiger partial charge is 0.255 e. The van der Waals surface area contributed by atoms with Gasteiger partial charge in [0.15, 0.2) is 0 Å². The molecule has 0 unspecified atom stereocenters. The molecule has 0 N–H and O–H groups in total. The molecule has 1 aliphatic rings. The number of likely N-dealkylation sites (tertiary alicyclic amines) is 1. The third-order valence-corrected chi connectivity index (χ3v) is 6.41. The van der Waals surface area contributed by atoms with Gasteiger partial charge in [0.2, 0.25) is 5.91 Å². The maximum absolute atomic E-state index is 13.4. The molecule has 0 aliphatic carbocycles. The van der Waals surface area contributed by atoms with Crippen LogP contribution in [0.15, 0.2) is 79.1 Å². The first kappa shape index (κ1) is 21.8. The molecule has 5 heteroatoms. The summed E-state index contributed by atoms with van der Waals surface area (Å²) in [6.07, 6.45) is 5.20. The molecule has 3 aromatic rings. The molecule has 4 rings (SSSR count). The van der Waals surface area contributed by atoms with E-state index < -0.39 is 5.41 Å². The summed E-state index contributed by atoms with van der Waals surface area (Å²) in [6, 6.07) is 22.2. The van der Waals surface area contributed by atoms with Crippen LogP contribution < -0.4 is 0 Å². The predicted octanol–water partition coefficient (Wildman–Crippen LogP) is 4.30. The molecule has 5 nitrogen and oxygen atoms in total. The quantitative estimate of drug-likeness (QED) is 0.610. The van der Waals surface area contributed by atoms with Gasteiger partial charge in [0.25, 0.3) is 5.91 Å². The molecule has 1 aromatic heterocycles. The molecular weight excluding hydrogens is 398 g/mol. The Hall–Kier alpha value is -3.47. The Labute approximate surface area is 189 Å². The van der Waals surface area contributed by atoms with Gasteiger partial charge >= 0.3 is 0 Å². The van der Waals surface area contributed by atoms with Crippen molar-refractivity contribution in [3.63, 3.8) is 0 Å². The van der Waals surface area contributed by atoms with E-state index in [1.165, 1.54) is 5.56 Å².